The number of rotatable bonds is 2. The van der Waals surface area contributed by atoms with Gasteiger partial charge in [-0.15, -0.1) is 0 Å². The first-order valence-corrected chi connectivity index (χ1v) is 6.43. The van der Waals surface area contributed by atoms with Crippen molar-refractivity contribution in [2.45, 2.75) is 19.3 Å². The van der Waals surface area contributed by atoms with Crippen LogP contribution in [-0.4, -0.2) is 10.9 Å². The van der Waals surface area contributed by atoms with Gasteiger partial charge in [0.25, 0.3) is 0 Å². The minimum Gasteiger partial charge on any atom is -0.298 e. The largest absolute Gasteiger partial charge is 0.298 e. The molecular formula is C13H12N2OS. The van der Waals surface area contributed by atoms with Crippen LogP contribution in [0.5, 0.6) is 0 Å². The topological polar surface area (TPSA) is 42.0 Å². The Balaban J connectivity index is 2.02. The van der Waals surface area contributed by atoms with Crippen molar-refractivity contribution in [3.63, 3.8) is 0 Å². The Hall–Kier alpha value is -1.68. The second-order valence-corrected chi connectivity index (χ2v) is 5.19. The van der Waals surface area contributed by atoms with Crippen molar-refractivity contribution in [2.75, 3.05) is 5.32 Å². The highest BCUT2D eigenvalue weighted by Gasteiger charge is 2.14. The molecule has 1 aliphatic rings. The summed E-state index contributed by atoms with van der Waals surface area (Å²) in [5.74, 6) is -0.211. The molecule has 1 amide bonds. The molecule has 3 rings (SSSR count). The number of amides is 1. The van der Waals surface area contributed by atoms with Crippen LogP contribution in [0.25, 0.3) is 10.2 Å². The Labute approximate surface area is 103 Å². The van der Waals surface area contributed by atoms with Crippen molar-refractivity contribution in [3.05, 3.63) is 35.9 Å². The molecule has 1 aromatic heterocycles. The number of hydrogen-bond donors (Lipinski definition) is 1. The van der Waals surface area contributed by atoms with E-state index in [2.05, 4.69) is 29.0 Å². The molecule has 0 spiro atoms. The first-order chi connectivity index (χ1) is 8.26. The van der Waals surface area contributed by atoms with Crippen LogP contribution in [0.3, 0.4) is 0 Å². The lowest BCUT2D eigenvalue weighted by atomic mass is 10.1. The van der Waals surface area contributed by atoms with Gasteiger partial charge in [-0.2, -0.15) is 0 Å². The van der Waals surface area contributed by atoms with Gasteiger partial charge < -0.3 is 0 Å². The zero-order valence-corrected chi connectivity index (χ0v) is 10.1. The standard InChI is InChI=1S/C13H12N2OS/c1-2-12(16)15-13-14-10-6-8-4-3-5-9(8)7-11(10)17-13/h2,6-7H,1,3-5H2,(H,14,15,16). The van der Waals surface area contributed by atoms with E-state index in [4.69, 9.17) is 0 Å². The van der Waals surface area contributed by atoms with Crippen LogP contribution in [0.1, 0.15) is 17.5 Å². The maximum Gasteiger partial charge on any atom is 0.249 e. The molecule has 0 unspecified atom stereocenters. The van der Waals surface area contributed by atoms with Crippen LogP contribution < -0.4 is 5.32 Å². The maximum atomic E-state index is 11.2. The van der Waals surface area contributed by atoms with Crippen molar-refractivity contribution in [3.8, 4) is 0 Å². The van der Waals surface area contributed by atoms with Crippen molar-refractivity contribution < 1.29 is 4.79 Å². The van der Waals surface area contributed by atoms with Crippen LogP contribution in [0.2, 0.25) is 0 Å². The quantitative estimate of drug-likeness (QED) is 0.825. The molecule has 1 heterocycles. The summed E-state index contributed by atoms with van der Waals surface area (Å²) in [6.45, 7) is 3.43. The lowest BCUT2D eigenvalue weighted by molar-refractivity contribution is -0.111. The molecule has 0 saturated heterocycles. The molecule has 1 N–H and O–H groups in total. The summed E-state index contributed by atoms with van der Waals surface area (Å²) in [6.07, 6.45) is 4.81. The summed E-state index contributed by atoms with van der Waals surface area (Å²) in [5.41, 5.74) is 3.82. The van der Waals surface area contributed by atoms with E-state index in [0.29, 0.717) is 5.13 Å². The fraction of sp³-hybridized carbons (Fsp3) is 0.231. The fourth-order valence-electron chi connectivity index (χ4n) is 2.20. The number of thiazole rings is 1. The van der Waals surface area contributed by atoms with Gasteiger partial charge in [0.15, 0.2) is 5.13 Å². The second-order valence-electron chi connectivity index (χ2n) is 4.15. The first-order valence-electron chi connectivity index (χ1n) is 5.62. The van der Waals surface area contributed by atoms with E-state index in [-0.39, 0.29) is 5.91 Å². The van der Waals surface area contributed by atoms with Gasteiger partial charge >= 0.3 is 0 Å². The van der Waals surface area contributed by atoms with Crippen molar-refractivity contribution >= 4 is 32.6 Å². The Bertz CT molecular complexity index is 574. The number of aryl methyl sites for hydroxylation is 2. The molecular weight excluding hydrogens is 232 g/mol. The number of nitrogens with zero attached hydrogens (tertiary/aromatic N) is 1. The van der Waals surface area contributed by atoms with Gasteiger partial charge in [-0.1, -0.05) is 17.9 Å². The van der Waals surface area contributed by atoms with Gasteiger partial charge in [-0.05, 0) is 48.6 Å². The predicted octanol–water partition coefficient (Wildman–Crippen LogP) is 2.91. The van der Waals surface area contributed by atoms with Gasteiger partial charge in [-0.25, -0.2) is 4.98 Å². The third kappa shape index (κ3) is 1.85. The van der Waals surface area contributed by atoms with Crippen molar-refractivity contribution in [1.29, 1.82) is 0 Å². The lowest BCUT2D eigenvalue weighted by Crippen LogP contribution is -2.06. The molecule has 0 fully saturated rings. The van der Waals surface area contributed by atoms with E-state index >= 15 is 0 Å². The Morgan fingerprint density at radius 2 is 2.18 bits per heavy atom. The highest BCUT2D eigenvalue weighted by atomic mass is 32.1. The number of benzene rings is 1. The van der Waals surface area contributed by atoms with Gasteiger partial charge in [0.05, 0.1) is 10.2 Å². The number of nitrogens with one attached hydrogen (secondary N) is 1. The van der Waals surface area contributed by atoms with Gasteiger partial charge in [0, 0.05) is 0 Å². The van der Waals surface area contributed by atoms with Crippen LogP contribution in [0.4, 0.5) is 5.13 Å². The molecule has 2 aromatic rings. The number of carbonyl (C=O) groups is 1. The van der Waals surface area contributed by atoms with Gasteiger partial charge in [0.1, 0.15) is 0 Å². The van der Waals surface area contributed by atoms with E-state index in [0.717, 1.165) is 23.1 Å². The number of fused-ring (bicyclic) bond motifs is 2. The van der Waals surface area contributed by atoms with Crippen LogP contribution in [-0.2, 0) is 17.6 Å². The van der Waals surface area contributed by atoms with Crippen LogP contribution >= 0.6 is 11.3 Å². The summed E-state index contributed by atoms with van der Waals surface area (Å²) >= 11 is 1.52. The lowest BCUT2D eigenvalue weighted by Gasteiger charge is -1.96. The van der Waals surface area contributed by atoms with Gasteiger partial charge in [0.2, 0.25) is 5.91 Å². The zero-order valence-electron chi connectivity index (χ0n) is 9.32. The number of hydrogen-bond acceptors (Lipinski definition) is 3. The highest BCUT2D eigenvalue weighted by molar-refractivity contribution is 7.22. The third-order valence-electron chi connectivity index (χ3n) is 3.02. The molecule has 0 atom stereocenters. The van der Waals surface area contributed by atoms with Crippen molar-refractivity contribution in [2.24, 2.45) is 0 Å². The number of aromatic nitrogens is 1. The molecule has 0 saturated carbocycles. The summed E-state index contributed by atoms with van der Waals surface area (Å²) < 4.78 is 1.14. The minimum absolute atomic E-state index is 0.211. The Morgan fingerprint density at radius 3 is 2.94 bits per heavy atom. The van der Waals surface area contributed by atoms with Gasteiger partial charge in [-0.3, -0.25) is 10.1 Å². The minimum atomic E-state index is -0.211. The van der Waals surface area contributed by atoms with Crippen LogP contribution in [0, 0.1) is 0 Å². The molecule has 0 radical (unpaired) electrons. The average Bonchev–Trinajstić information content (AvgIpc) is 2.90. The number of anilines is 1. The van der Waals surface area contributed by atoms with E-state index in [1.165, 1.54) is 35.0 Å². The molecule has 17 heavy (non-hydrogen) atoms. The normalized spacial score (nSPS) is 13.6. The molecule has 1 aliphatic carbocycles. The summed E-state index contributed by atoms with van der Waals surface area (Å²) in [4.78, 5) is 15.6. The van der Waals surface area contributed by atoms with E-state index < -0.39 is 0 Å². The maximum absolute atomic E-state index is 11.2. The van der Waals surface area contributed by atoms with E-state index in [9.17, 15) is 4.79 Å². The smallest absolute Gasteiger partial charge is 0.249 e. The monoisotopic (exact) mass is 244 g/mol. The molecule has 0 aliphatic heterocycles. The SMILES string of the molecule is C=CC(=O)Nc1nc2cc3c(cc2s1)CCC3. The molecule has 1 aromatic carbocycles. The number of carbonyl (C=O) groups excluding carboxylic acids is 1. The third-order valence-corrected chi connectivity index (χ3v) is 3.95. The van der Waals surface area contributed by atoms with Crippen molar-refractivity contribution in [1.82, 2.24) is 4.98 Å². The molecule has 4 heteroatoms. The molecule has 86 valence electrons. The summed E-state index contributed by atoms with van der Waals surface area (Å²) in [7, 11) is 0. The second kappa shape index (κ2) is 3.96. The van der Waals surface area contributed by atoms with E-state index in [1.54, 1.807) is 0 Å². The predicted molar refractivity (Wildman–Crippen MR) is 70.5 cm³/mol. The highest BCUT2D eigenvalue weighted by Crippen LogP contribution is 2.32. The summed E-state index contributed by atoms with van der Waals surface area (Å²) in [5, 5.41) is 3.35. The molecule has 3 nitrogen and oxygen atoms in total. The first kappa shape index (κ1) is 10.5. The Morgan fingerprint density at radius 1 is 1.41 bits per heavy atom. The van der Waals surface area contributed by atoms with E-state index in [1.807, 2.05) is 0 Å². The van der Waals surface area contributed by atoms with Crippen LogP contribution in [0.15, 0.2) is 24.8 Å². The zero-order chi connectivity index (χ0) is 11.8. The average molecular weight is 244 g/mol. The Kier molecular flexibility index (Phi) is 2.44. The fourth-order valence-corrected chi connectivity index (χ4v) is 3.12. The summed E-state index contributed by atoms with van der Waals surface area (Å²) in [6, 6.07) is 4.36. The molecule has 0 bridgehead atoms.